The molecular weight excluding hydrogens is 298 g/mol. The molecule has 6 nitrogen and oxygen atoms in total. The van der Waals surface area contributed by atoms with Crippen molar-refractivity contribution < 1.29 is 23.8 Å². The molecule has 0 fully saturated rings. The molecule has 128 valence electrons. The van der Waals surface area contributed by atoms with E-state index in [4.69, 9.17) is 14.2 Å². The molecule has 0 radical (unpaired) electrons. The summed E-state index contributed by atoms with van der Waals surface area (Å²) in [5.74, 6) is -0.881. The van der Waals surface area contributed by atoms with Crippen molar-refractivity contribution in [2.24, 2.45) is 0 Å². The highest BCUT2D eigenvalue weighted by molar-refractivity contribution is 5.92. The first-order chi connectivity index (χ1) is 10.9. The highest BCUT2D eigenvalue weighted by atomic mass is 16.5. The second kappa shape index (κ2) is 9.97. The summed E-state index contributed by atoms with van der Waals surface area (Å²) >= 11 is 0. The quantitative estimate of drug-likeness (QED) is 0.555. The second-order valence-electron chi connectivity index (χ2n) is 5.39. The van der Waals surface area contributed by atoms with E-state index in [1.807, 2.05) is 26.0 Å². The van der Waals surface area contributed by atoms with E-state index in [-0.39, 0.29) is 12.0 Å². The third kappa shape index (κ3) is 7.25. The maximum atomic E-state index is 12.0. The van der Waals surface area contributed by atoms with Crippen LogP contribution in [0.25, 0.3) is 0 Å². The van der Waals surface area contributed by atoms with Gasteiger partial charge in [-0.3, -0.25) is 4.79 Å². The maximum Gasteiger partial charge on any atom is 0.338 e. The van der Waals surface area contributed by atoms with Crippen LogP contribution in [-0.4, -0.2) is 44.3 Å². The molecule has 23 heavy (non-hydrogen) atoms. The van der Waals surface area contributed by atoms with Gasteiger partial charge in [0.15, 0.2) is 6.10 Å². The third-order valence-corrected chi connectivity index (χ3v) is 3.03. The van der Waals surface area contributed by atoms with Crippen molar-refractivity contribution in [3.8, 4) is 0 Å². The van der Waals surface area contributed by atoms with Gasteiger partial charge in [-0.1, -0.05) is 12.1 Å². The van der Waals surface area contributed by atoms with Crippen LogP contribution in [0.15, 0.2) is 24.3 Å². The Labute approximate surface area is 137 Å². The van der Waals surface area contributed by atoms with Gasteiger partial charge in [-0.2, -0.15) is 0 Å². The van der Waals surface area contributed by atoms with Gasteiger partial charge < -0.3 is 19.5 Å². The van der Waals surface area contributed by atoms with E-state index in [2.05, 4.69) is 5.32 Å². The number of carbonyl (C=O) groups is 2. The Balaban J connectivity index is 2.49. The van der Waals surface area contributed by atoms with Gasteiger partial charge in [0.25, 0.3) is 5.91 Å². The van der Waals surface area contributed by atoms with E-state index in [0.717, 1.165) is 5.56 Å². The lowest BCUT2D eigenvalue weighted by Gasteiger charge is -2.13. The molecule has 6 heteroatoms. The molecule has 0 aliphatic heterocycles. The van der Waals surface area contributed by atoms with Crippen LogP contribution in [0.2, 0.25) is 0 Å². The zero-order valence-corrected chi connectivity index (χ0v) is 14.1. The average Bonchev–Trinajstić information content (AvgIpc) is 2.53. The summed E-state index contributed by atoms with van der Waals surface area (Å²) in [5.41, 5.74) is 1.37. The van der Waals surface area contributed by atoms with E-state index in [0.29, 0.717) is 25.3 Å². The van der Waals surface area contributed by atoms with Crippen LogP contribution < -0.4 is 5.32 Å². The minimum absolute atomic E-state index is 0.150. The van der Waals surface area contributed by atoms with Gasteiger partial charge in [0.05, 0.1) is 24.9 Å². The van der Waals surface area contributed by atoms with E-state index in [9.17, 15) is 9.59 Å². The topological polar surface area (TPSA) is 73.9 Å². The van der Waals surface area contributed by atoms with Crippen molar-refractivity contribution in [3.05, 3.63) is 35.4 Å². The van der Waals surface area contributed by atoms with Crippen molar-refractivity contribution in [2.75, 3.05) is 20.3 Å². The van der Waals surface area contributed by atoms with Crippen molar-refractivity contribution in [2.45, 2.75) is 39.6 Å². The SMILES string of the molecule is COCCNC(=O)[C@@H](C)OC(=O)c1ccc(COC(C)C)cc1. The Bertz CT molecular complexity index is 498. The van der Waals surface area contributed by atoms with Gasteiger partial charge in [0, 0.05) is 13.7 Å². The number of hydrogen-bond acceptors (Lipinski definition) is 5. The lowest BCUT2D eigenvalue weighted by atomic mass is 10.1. The Morgan fingerprint density at radius 3 is 2.35 bits per heavy atom. The molecule has 0 bridgehead atoms. The highest BCUT2D eigenvalue weighted by Crippen LogP contribution is 2.09. The monoisotopic (exact) mass is 323 g/mol. The molecule has 0 saturated carbocycles. The van der Waals surface area contributed by atoms with E-state index in [1.165, 1.54) is 6.92 Å². The Hall–Kier alpha value is -1.92. The van der Waals surface area contributed by atoms with Gasteiger partial charge in [-0.25, -0.2) is 4.79 Å². The van der Waals surface area contributed by atoms with Crippen molar-refractivity contribution in [3.63, 3.8) is 0 Å². The number of ether oxygens (including phenoxy) is 3. The lowest BCUT2D eigenvalue weighted by molar-refractivity contribution is -0.129. The second-order valence-corrected chi connectivity index (χ2v) is 5.39. The fraction of sp³-hybridized carbons (Fsp3) is 0.529. The Kier molecular flexibility index (Phi) is 8.29. The van der Waals surface area contributed by atoms with Gasteiger partial charge in [0.2, 0.25) is 0 Å². The average molecular weight is 323 g/mol. The van der Waals surface area contributed by atoms with Crippen LogP contribution in [0.4, 0.5) is 0 Å². The van der Waals surface area contributed by atoms with Crippen molar-refractivity contribution >= 4 is 11.9 Å². The Morgan fingerprint density at radius 1 is 1.13 bits per heavy atom. The largest absolute Gasteiger partial charge is 0.449 e. The first-order valence-corrected chi connectivity index (χ1v) is 7.62. The molecule has 0 saturated heterocycles. The standard InChI is InChI=1S/C17H25NO5/c1-12(2)22-11-14-5-7-15(8-6-14)17(20)23-13(3)16(19)18-9-10-21-4/h5-8,12-13H,9-11H2,1-4H3,(H,18,19)/t13-/m1/s1. The Morgan fingerprint density at radius 2 is 1.78 bits per heavy atom. The summed E-state index contributed by atoms with van der Waals surface area (Å²) in [6.45, 7) is 6.74. The van der Waals surface area contributed by atoms with Crippen molar-refractivity contribution in [1.29, 1.82) is 0 Å². The maximum absolute atomic E-state index is 12.0. The summed E-state index contributed by atoms with van der Waals surface area (Å²) in [6, 6.07) is 6.94. The van der Waals surface area contributed by atoms with Gasteiger partial charge in [0.1, 0.15) is 0 Å². The summed E-state index contributed by atoms with van der Waals surface area (Å²) in [5, 5.41) is 2.62. The molecule has 1 rings (SSSR count). The highest BCUT2D eigenvalue weighted by Gasteiger charge is 2.18. The summed E-state index contributed by atoms with van der Waals surface area (Å²) in [6.07, 6.45) is -0.708. The van der Waals surface area contributed by atoms with Crippen LogP contribution in [0.5, 0.6) is 0 Å². The molecular formula is C17H25NO5. The molecule has 0 aliphatic carbocycles. The summed E-state index contributed by atoms with van der Waals surface area (Å²) in [7, 11) is 1.55. The molecule has 1 atom stereocenters. The van der Waals surface area contributed by atoms with Crippen LogP contribution in [0.3, 0.4) is 0 Å². The first-order valence-electron chi connectivity index (χ1n) is 7.62. The van der Waals surface area contributed by atoms with Gasteiger partial charge in [-0.05, 0) is 38.5 Å². The molecule has 0 aliphatic rings. The zero-order valence-electron chi connectivity index (χ0n) is 14.1. The number of methoxy groups -OCH3 is 1. The zero-order chi connectivity index (χ0) is 17.2. The third-order valence-electron chi connectivity index (χ3n) is 3.03. The van der Waals surface area contributed by atoms with Crippen LogP contribution >= 0.6 is 0 Å². The number of amides is 1. The fourth-order valence-electron chi connectivity index (χ4n) is 1.70. The molecule has 1 aromatic rings. The molecule has 0 aromatic heterocycles. The molecule has 1 N–H and O–H groups in total. The van der Waals surface area contributed by atoms with Crippen LogP contribution in [0, 0.1) is 0 Å². The smallest absolute Gasteiger partial charge is 0.338 e. The molecule has 0 heterocycles. The van der Waals surface area contributed by atoms with E-state index in [1.54, 1.807) is 19.2 Å². The lowest BCUT2D eigenvalue weighted by Crippen LogP contribution is -2.37. The van der Waals surface area contributed by atoms with Crippen molar-refractivity contribution in [1.82, 2.24) is 5.32 Å². The number of nitrogens with one attached hydrogen (secondary N) is 1. The molecule has 1 aromatic carbocycles. The summed E-state index contributed by atoms with van der Waals surface area (Å²) in [4.78, 5) is 23.7. The minimum atomic E-state index is -0.858. The van der Waals surface area contributed by atoms with Crippen LogP contribution in [0.1, 0.15) is 36.7 Å². The predicted octanol–water partition coefficient (Wildman–Crippen LogP) is 1.92. The number of esters is 1. The number of hydrogen-bond donors (Lipinski definition) is 1. The number of rotatable bonds is 9. The van der Waals surface area contributed by atoms with Gasteiger partial charge in [-0.15, -0.1) is 0 Å². The minimum Gasteiger partial charge on any atom is -0.449 e. The van der Waals surface area contributed by atoms with E-state index >= 15 is 0 Å². The van der Waals surface area contributed by atoms with Gasteiger partial charge >= 0.3 is 5.97 Å². The first kappa shape index (κ1) is 19.1. The normalized spacial score (nSPS) is 12.0. The predicted molar refractivity (Wildman–Crippen MR) is 86.1 cm³/mol. The molecule has 0 spiro atoms. The van der Waals surface area contributed by atoms with E-state index < -0.39 is 12.1 Å². The number of benzene rings is 1. The molecule has 0 unspecified atom stereocenters. The molecule has 1 amide bonds. The summed E-state index contributed by atoms with van der Waals surface area (Å²) < 4.78 is 15.5. The number of carbonyl (C=O) groups excluding carboxylic acids is 2. The fourth-order valence-corrected chi connectivity index (χ4v) is 1.70. The van der Waals surface area contributed by atoms with Crippen LogP contribution in [-0.2, 0) is 25.6 Å².